The average Bonchev–Trinajstić information content (AvgIpc) is 2.99. The Morgan fingerprint density at radius 3 is 2.30 bits per heavy atom. The number of benzene rings is 2. The van der Waals surface area contributed by atoms with E-state index in [9.17, 15) is 4.79 Å². The van der Waals surface area contributed by atoms with E-state index in [0.717, 1.165) is 16.2 Å². The molecule has 98 valence electrons. The van der Waals surface area contributed by atoms with Crippen molar-refractivity contribution in [2.24, 2.45) is 0 Å². The lowest BCUT2D eigenvalue weighted by Crippen LogP contribution is -1.88. The summed E-state index contributed by atoms with van der Waals surface area (Å²) in [5.41, 5.74) is 1.89. The second-order valence-electron chi connectivity index (χ2n) is 4.15. The van der Waals surface area contributed by atoms with Crippen LogP contribution < -0.4 is 0 Å². The minimum atomic E-state index is 0.0379. The minimum Gasteiger partial charge on any atom is -0.280 e. The topological polar surface area (TPSA) is 30.0 Å². The van der Waals surface area contributed by atoms with Crippen molar-refractivity contribution >= 4 is 28.4 Å². The van der Waals surface area contributed by atoms with Gasteiger partial charge >= 0.3 is 0 Å². The molecule has 0 aliphatic rings. The Bertz CT molecular complexity index is 708. The molecule has 4 heteroatoms. The van der Waals surface area contributed by atoms with Crippen molar-refractivity contribution in [2.75, 3.05) is 0 Å². The number of hydrogen-bond donors (Lipinski definition) is 0. The standard InChI is InChI=1S/C16H11NOS2/c18-16(19-13-9-5-2-6-10-13)15-11-14(17-20-15)12-7-3-1-4-8-12/h1-11H. The Hall–Kier alpha value is -1.91. The summed E-state index contributed by atoms with van der Waals surface area (Å²) in [7, 11) is 0. The summed E-state index contributed by atoms with van der Waals surface area (Å²) in [5.74, 6) is 0. The van der Waals surface area contributed by atoms with Crippen LogP contribution >= 0.6 is 23.3 Å². The van der Waals surface area contributed by atoms with Crippen LogP contribution in [0.1, 0.15) is 9.67 Å². The molecule has 2 nitrogen and oxygen atoms in total. The molecule has 0 aliphatic carbocycles. The average molecular weight is 297 g/mol. The van der Waals surface area contributed by atoms with Crippen molar-refractivity contribution in [3.05, 3.63) is 71.6 Å². The molecule has 0 amide bonds. The smallest absolute Gasteiger partial charge is 0.235 e. The highest BCUT2D eigenvalue weighted by Gasteiger charge is 2.13. The van der Waals surface area contributed by atoms with Crippen LogP contribution in [0.15, 0.2) is 71.6 Å². The summed E-state index contributed by atoms with van der Waals surface area (Å²) < 4.78 is 4.36. The zero-order valence-electron chi connectivity index (χ0n) is 10.5. The van der Waals surface area contributed by atoms with Crippen LogP contribution in [0, 0.1) is 0 Å². The van der Waals surface area contributed by atoms with Crippen LogP contribution in [0.4, 0.5) is 0 Å². The molecular weight excluding hydrogens is 286 g/mol. The molecule has 1 heterocycles. The zero-order valence-corrected chi connectivity index (χ0v) is 12.2. The van der Waals surface area contributed by atoms with E-state index < -0.39 is 0 Å². The lowest BCUT2D eigenvalue weighted by Gasteiger charge is -1.97. The van der Waals surface area contributed by atoms with Gasteiger partial charge in [-0.2, -0.15) is 4.37 Å². The highest BCUT2D eigenvalue weighted by atomic mass is 32.2. The fourth-order valence-electron chi connectivity index (χ4n) is 1.76. The molecule has 0 spiro atoms. The van der Waals surface area contributed by atoms with Crippen molar-refractivity contribution in [1.29, 1.82) is 0 Å². The molecule has 1 aromatic heterocycles. The van der Waals surface area contributed by atoms with Gasteiger partial charge in [-0.25, -0.2) is 0 Å². The molecule has 3 rings (SSSR count). The van der Waals surface area contributed by atoms with Crippen molar-refractivity contribution in [3.63, 3.8) is 0 Å². The van der Waals surface area contributed by atoms with Gasteiger partial charge in [0.05, 0.1) is 5.69 Å². The normalized spacial score (nSPS) is 10.4. The van der Waals surface area contributed by atoms with Crippen LogP contribution in [0.2, 0.25) is 0 Å². The molecule has 2 aromatic carbocycles. The number of rotatable bonds is 3. The first kappa shape index (κ1) is 13.1. The summed E-state index contributed by atoms with van der Waals surface area (Å²) in [6, 6.07) is 21.4. The third kappa shape index (κ3) is 2.98. The van der Waals surface area contributed by atoms with Crippen LogP contribution in [0.25, 0.3) is 11.3 Å². The largest absolute Gasteiger partial charge is 0.280 e. The maximum atomic E-state index is 12.2. The first-order chi connectivity index (χ1) is 9.83. The van der Waals surface area contributed by atoms with Crippen LogP contribution in [-0.2, 0) is 0 Å². The Morgan fingerprint density at radius 2 is 1.60 bits per heavy atom. The maximum Gasteiger partial charge on any atom is 0.235 e. The van der Waals surface area contributed by atoms with Gasteiger partial charge in [0.25, 0.3) is 0 Å². The predicted molar refractivity (Wildman–Crippen MR) is 84.2 cm³/mol. The third-order valence-electron chi connectivity index (χ3n) is 2.73. The number of thioether (sulfide) groups is 1. The summed E-state index contributed by atoms with van der Waals surface area (Å²) in [4.78, 5) is 13.8. The third-order valence-corrected chi connectivity index (χ3v) is 4.56. The van der Waals surface area contributed by atoms with E-state index in [1.807, 2.05) is 66.7 Å². The second-order valence-corrected chi connectivity index (χ2v) is 6.00. The van der Waals surface area contributed by atoms with Crippen molar-refractivity contribution in [2.45, 2.75) is 4.90 Å². The molecule has 0 radical (unpaired) electrons. The Kier molecular flexibility index (Phi) is 3.95. The Balaban J connectivity index is 1.79. The SMILES string of the molecule is O=C(Sc1ccccc1)c1cc(-c2ccccc2)ns1. The molecular formula is C16H11NOS2. The van der Waals surface area contributed by atoms with Crippen molar-refractivity contribution in [3.8, 4) is 11.3 Å². The van der Waals surface area contributed by atoms with E-state index in [4.69, 9.17) is 0 Å². The van der Waals surface area contributed by atoms with E-state index in [-0.39, 0.29) is 5.12 Å². The lowest BCUT2D eigenvalue weighted by molar-refractivity contribution is 0.109. The first-order valence-electron chi connectivity index (χ1n) is 6.12. The van der Waals surface area contributed by atoms with Gasteiger partial charge in [0, 0.05) is 10.5 Å². The van der Waals surface area contributed by atoms with Crippen molar-refractivity contribution in [1.82, 2.24) is 4.37 Å². The molecule has 0 atom stereocenters. The molecule has 0 saturated carbocycles. The quantitative estimate of drug-likeness (QED) is 0.654. The predicted octanol–water partition coefficient (Wildman–Crippen LogP) is 4.74. The number of carbonyl (C=O) groups excluding carboxylic acids is 1. The van der Waals surface area contributed by atoms with Crippen molar-refractivity contribution < 1.29 is 4.79 Å². The van der Waals surface area contributed by atoms with Gasteiger partial charge in [-0.05, 0) is 41.5 Å². The molecule has 0 saturated heterocycles. The van der Waals surface area contributed by atoms with Gasteiger partial charge in [0.2, 0.25) is 5.12 Å². The molecule has 0 N–H and O–H groups in total. The van der Waals surface area contributed by atoms with E-state index in [1.165, 1.54) is 23.3 Å². The lowest BCUT2D eigenvalue weighted by atomic mass is 10.1. The second kappa shape index (κ2) is 6.03. The zero-order chi connectivity index (χ0) is 13.8. The number of aromatic nitrogens is 1. The minimum absolute atomic E-state index is 0.0379. The fourth-order valence-corrected chi connectivity index (χ4v) is 3.26. The Labute approximate surface area is 125 Å². The van der Waals surface area contributed by atoms with Gasteiger partial charge in [-0.15, -0.1) is 0 Å². The van der Waals surface area contributed by atoms with E-state index >= 15 is 0 Å². The monoisotopic (exact) mass is 297 g/mol. The van der Waals surface area contributed by atoms with Gasteiger partial charge in [0.15, 0.2) is 0 Å². The van der Waals surface area contributed by atoms with E-state index in [2.05, 4.69) is 4.37 Å². The van der Waals surface area contributed by atoms with E-state index in [1.54, 1.807) is 0 Å². The number of hydrogen-bond acceptors (Lipinski definition) is 4. The summed E-state index contributed by atoms with van der Waals surface area (Å²) in [5, 5.41) is 0.0379. The summed E-state index contributed by atoms with van der Waals surface area (Å²) >= 11 is 2.49. The van der Waals surface area contributed by atoms with Gasteiger partial charge in [0.1, 0.15) is 4.88 Å². The van der Waals surface area contributed by atoms with E-state index in [0.29, 0.717) is 4.88 Å². The van der Waals surface area contributed by atoms with Gasteiger partial charge in [-0.3, -0.25) is 4.79 Å². The fraction of sp³-hybridized carbons (Fsp3) is 0. The molecule has 0 aliphatic heterocycles. The summed E-state index contributed by atoms with van der Waals surface area (Å²) in [6.45, 7) is 0. The molecule has 20 heavy (non-hydrogen) atoms. The van der Waals surface area contributed by atoms with Gasteiger partial charge in [-0.1, -0.05) is 48.5 Å². The maximum absolute atomic E-state index is 12.2. The molecule has 0 bridgehead atoms. The van der Waals surface area contributed by atoms with Crippen LogP contribution in [0.5, 0.6) is 0 Å². The highest BCUT2D eigenvalue weighted by Crippen LogP contribution is 2.28. The molecule has 0 fully saturated rings. The molecule has 3 aromatic rings. The van der Waals surface area contributed by atoms with Gasteiger partial charge < -0.3 is 0 Å². The molecule has 0 unspecified atom stereocenters. The summed E-state index contributed by atoms with van der Waals surface area (Å²) in [6.07, 6.45) is 0. The Morgan fingerprint density at radius 1 is 0.950 bits per heavy atom. The first-order valence-corrected chi connectivity index (χ1v) is 7.71. The highest BCUT2D eigenvalue weighted by molar-refractivity contribution is 8.14. The van der Waals surface area contributed by atoms with Crippen LogP contribution in [0.3, 0.4) is 0 Å². The number of nitrogens with zero attached hydrogens (tertiary/aromatic N) is 1. The number of carbonyl (C=O) groups is 1. The van der Waals surface area contributed by atoms with Crippen LogP contribution in [-0.4, -0.2) is 9.49 Å².